The largest absolute Gasteiger partial charge is 0.169 e. The summed E-state index contributed by atoms with van der Waals surface area (Å²) in [5.41, 5.74) is 3.96. The van der Waals surface area contributed by atoms with Gasteiger partial charge in [-0.15, -0.1) is 5.10 Å². The van der Waals surface area contributed by atoms with Crippen molar-refractivity contribution < 1.29 is 0 Å². The molecular formula is C15H11N3. The summed E-state index contributed by atoms with van der Waals surface area (Å²) in [5, 5.41) is 8.10. The summed E-state index contributed by atoms with van der Waals surface area (Å²) < 4.78 is 1.61. The minimum Gasteiger partial charge on any atom is -0.169 e. The minimum atomic E-state index is 0.858. The van der Waals surface area contributed by atoms with Crippen LogP contribution in [0.4, 0.5) is 0 Å². The van der Waals surface area contributed by atoms with Gasteiger partial charge in [0.05, 0.1) is 0 Å². The van der Waals surface area contributed by atoms with Crippen LogP contribution in [0.1, 0.15) is 11.1 Å². The van der Waals surface area contributed by atoms with E-state index in [1.165, 1.54) is 0 Å². The van der Waals surface area contributed by atoms with Gasteiger partial charge in [0.25, 0.3) is 0 Å². The van der Waals surface area contributed by atoms with E-state index < -0.39 is 0 Å². The van der Waals surface area contributed by atoms with Gasteiger partial charge in [0, 0.05) is 11.6 Å². The second-order valence-electron chi connectivity index (χ2n) is 4.04. The number of aromatic nitrogens is 3. The first-order chi connectivity index (χ1) is 8.84. The summed E-state index contributed by atoms with van der Waals surface area (Å²) >= 11 is 0. The smallest absolute Gasteiger partial charge is 0.114 e. The van der Waals surface area contributed by atoms with Crippen LogP contribution in [-0.4, -0.2) is 15.0 Å². The molecule has 1 heterocycles. The zero-order chi connectivity index (χ0) is 12.4. The minimum absolute atomic E-state index is 0.858. The maximum absolute atomic E-state index is 4.06. The Bertz CT molecular complexity index is 760. The molecule has 2 aromatic carbocycles. The molecule has 3 heteroatoms. The number of rotatable bonds is 0. The van der Waals surface area contributed by atoms with Crippen LogP contribution in [0.2, 0.25) is 0 Å². The monoisotopic (exact) mass is 233 g/mol. The SMILES string of the molecule is Cc1ccccc1C#Cn1nnc2ccccc21. The lowest BCUT2D eigenvalue weighted by Gasteiger charge is -1.94. The molecule has 0 saturated heterocycles. The van der Waals surface area contributed by atoms with Gasteiger partial charge >= 0.3 is 0 Å². The second-order valence-corrected chi connectivity index (χ2v) is 4.04. The predicted molar refractivity (Wildman–Crippen MR) is 71.0 cm³/mol. The molecule has 0 N–H and O–H groups in total. The molecule has 0 spiro atoms. The number of hydrogen-bond donors (Lipinski definition) is 0. The van der Waals surface area contributed by atoms with Crippen molar-refractivity contribution in [3.63, 3.8) is 0 Å². The first-order valence-electron chi connectivity index (χ1n) is 5.73. The summed E-state index contributed by atoms with van der Waals surface area (Å²) in [4.78, 5) is 0. The van der Waals surface area contributed by atoms with Crippen LogP contribution in [0, 0.1) is 18.9 Å². The molecule has 1 aromatic heterocycles. The van der Waals surface area contributed by atoms with E-state index in [-0.39, 0.29) is 0 Å². The Morgan fingerprint density at radius 3 is 2.67 bits per heavy atom. The van der Waals surface area contributed by atoms with Gasteiger partial charge in [-0.1, -0.05) is 35.5 Å². The van der Waals surface area contributed by atoms with Gasteiger partial charge in [-0.2, -0.15) is 4.68 Å². The molecule has 3 nitrogen and oxygen atoms in total. The van der Waals surface area contributed by atoms with Crippen LogP contribution >= 0.6 is 0 Å². The zero-order valence-electron chi connectivity index (χ0n) is 9.96. The standard InChI is InChI=1S/C15H11N3/c1-12-6-2-3-7-13(12)10-11-18-15-9-5-4-8-14(15)16-17-18/h2-9H,1H3. The third-order valence-corrected chi connectivity index (χ3v) is 2.79. The van der Waals surface area contributed by atoms with E-state index in [1.807, 2.05) is 55.5 Å². The molecule has 0 unspecified atom stereocenters. The van der Waals surface area contributed by atoms with Gasteiger partial charge < -0.3 is 0 Å². The average molecular weight is 233 g/mol. The highest BCUT2D eigenvalue weighted by Gasteiger charge is 1.99. The molecule has 0 amide bonds. The number of hydrogen-bond acceptors (Lipinski definition) is 2. The van der Waals surface area contributed by atoms with Crippen LogP contribution in [-0.2, 0) is 0 Å². The number of nitrogens with zero attached hydrogens (tertiary/aromatic N) is 3. The van der Waals surface area contributed by atoms with Crippen LogP contribution in [0.3, 0.4) is 0 Å². The van der Waals surface area contributed by atoms with Crippen LogP contribution in [0.15, 0.2) is 48.5 Å². The normalized spacial score (nSPS) is 10.1. The molecule has 0 bridgehead atoms. The third kappa shape index (κ3) is 1.85. The van der Waals surface area contributed by atoms with Crippen molar-refractivity contribution in [2.75, 3.05) is 0 Å². The highest BCUT2D eigenvalue weighted by Crippen LogP contribution is 2.09. The van der Waals surface area contributed by atoms with Gasteiger partial charge in [0.2, 0.25) is 0 Å². The van der Waals surface area contributed by atoms with E-state index in [4.69, 9.17) is 0 Å². The molecule has 0 atom stereocenters. The van der Waals surface area contributed by atoms with Gasteiger partial charge in [-0.3, -0.25) is 0 Å². The zero-order valence-corrected chi connectivity index (χ0v) is 9.96. The van der Waals surface area contributed by atoms with Crippen molar-refractivity contribution in [3.8, 4) is 12.0 Å². The highest BCUT2D eigenvalue weighted by molar-refractivity contribution is 5.74. The van der Waals surface area contributed by atoms with E-state index >= 15 is 0 Å². The fourth-order valence-electron chi connectivity index (χ4n) is 1.78. The maximum Gasteiger partial charge on any atom is 0.114 e. The second kappa shape index (κ2) is 4.34. The van der Waals surface area contributed by atoms with Gasteiger partial charge in [-0.25, -0.2) is 0 Å². The lowest BCUT2D eigenvalue weighted by molar-refractivity contribution is 0.848. The van der Waals surface area contributed by atoms with Crippen molar-refractivity contribution in [2.45, 2.75) is 6.92 Å². The maximum atomic E-state index is 4.06. The molecule has 3 rings (SSSR count). The Morgan fingerprint density at radius 1 is 1.00 bits per heavy atom. The van der Waals surface area contributed by atoms with Crippen LogP contribution in [0.5, 0.6) is 0 Å². The molecule has 0 aliphatic rings. The van der Waals surface area contributed by atoms with E-state index in [0.29, 0.717) is 0 Å². The Balaban J connectivity index is 2.06. The fourth-order valence-corrected chi connectivity index (χ4v) is 1.78. The quantitative estimate of drug-likeness (QED) is 0.559. The van der Waals surface area contributed by atoms with E-state index in [2.05, 4.69) is 22.3 Å². The Hall–Kier alpha value is -2.60. The summed E-state index contributed by atoms with van der Waals surface area (Å²) in [6.07, 6.45) is 0. The average Bonchev–Trinajstić information content (AvgIpc) is 2.81. The molecule has 0 radical (unpaired) electrons. The number of fused-ring (bicyclic) bond motifs is 1. The third-order valence-electron chi connectivity index (χ3n) is 2.79. The molecule has 86 valence electrons. The fraction of sp³-hybridized carbons (Fsp3) is 0.0667. The summed E-state index contributed by atoms with van der Waals surface area (Å²) in [7, 11) is 0. The van der Waals surface area contributed by atoms with E-state index in [1.54, 1.807) is 4.68 Å². The lowest BCUT2D eigenvalue weighted by Crippen LogP contribution is -1.91. The van der Waals surface area contributed by atoms with Crippen molar-refractivity contribution >= 4 is 11.0 Å². The van der Waals surface area contributed by atoms with E-state index in [9.17, 15) is 0 Å². The Labute approximate surface area is 105 Å². The van der Waals surface area contributed by atoms with Gasteiger partial charge in [0.15, 0.2) is 0 Å². The molecule has 0 fully saturated rings. The summed E-state index contributed by atoms with van der Waals surface area (Å²) in [5.74, 6) is 3.12. The topological polar surface area (TPSA) is 30.7 Å². The lowest BCUT2D eigenvalue weighted by atomic mass is 10.1. The first kappa shape index (κ1) is 10.5. The van der Waals surface area contributed by atoms with Gasteiger partial charge in [0.1, 0.15) is 11.0 Å². The molecule has 3 aromatic rings. The Kier molecular flexibility index (Phi) is 2.54. The predicted octanol–water partition coefficient (Wildman–Crippen LogP) is 2.60. The molecule has 0 aliphatic heterocycles. The number of para-hydroxylation sites is 1. The first-order valence-corrected chi connectivity index (χ1v) is 5.73. The molecule has 0 saturated carbocycles. The van der Waals surface area contributed by atoms with Crippen molar-refractivity contribution in [1.82, 2.24) is 15.0 Å². The molecular weight excluding hydrogens is 222 g/mol. The highest BCUT2D eigenvalue weighted by atomic mass is 15.4. The molecule has 18 heavy (non-hydrogen) atoms. The van der Waals surface area contributed by atoms with Crippen molar-refractivity contribution in [2.24, 2.45) is 0 Å². The molecule has 0 aliphatic carbocycles. The van der Waals surface area contributed by atoms with Crippen LogP contribution < -0.4 is 0 Å². The summed E-state index contributed by atoms with van der Waals surface area (Å²) in [6, 6.07) is 18.8. The number of benzene rings is 2. The van der Waals surface area contributed by atoms with Crippen LogP contribution in [0.25, 0.3) is 11.0 Å². The van der Waals surface area contributed by atoms with Gasteiger partial charge in [-0.05, 0) is 36.6 Å². The van der Waals surface area contributed by atoms with Crippen molar-refractivity contribution in [3.05, 3.63) is 59.7 Å². The van der Waals surface area contributed by atoms with Crippen molar-refractivity contribution in [1.29, 1.82) is 0 Å². The van der Waals surface area contributed by atoms with E-state index in [0.717, 1.165) is 22.2 Å². The number of aryl methyl sites for hydroxylation is 1. The Morgan fingerprint density at radius 2 is 1.78 bits per heavy atom. The summed E-state index contributed by atoms with van der Waals surface area (Å²) in [6.45, 7) is 2.05.